The lowest BCUT2D eigenvalue weighted by Crippen LogP contribution is -2.14. The summed E-state index contributed by atoms with van der Waals surface area (Å²) >= 11 is 1.42. The van der Waals surface area contributed by atoms with Crippen LogP contribution < -0.4 is 5.32 Å². The molecule has 4 nitrogen and oxygen atoms in total. The smallest absolute Gasteiger partial charge is 0.232 e. The maximum Gasteiger partial charge on any atom is 0.232 e. The fourth-order valence-corrected chi connectivity index (χ4v) is 4.30. The number of alkyl halides is 1. The highest BCUT2D eigenvalue weighted by atomic mass is 32.1. The van der Waals surface area contributed by atoms with Crippen molar-refractivity contribution in [3.8, 4) is 11.1 Å². The highest BCUT2D eigenvalue weighted by Crippen LogP contribution is 2.37. The average Bonchev–Trinajstić information content (AvgIpc) is 3.02. The van der Waals surface area contributed by atoms with Gasteiger partial charge in [0.1, 0.15) is 6.17 Å². The summed E-state index contributed by atoms with van der Waals surface area (Å²) in [6, 6.07) is 12.4. The van der Waals surface area contributed by atoms with E-state index >= 15 is 0 Å². The molecule has 2 aromatic heterocycles. The van der Waals surface area contributed by atoms with Gasteiger partial charge < -0.3 is 10.3 Å². The van der Waals surface area contributed by atoms with Gasteiger partial charge in [-0.2, -0.15) is 0 Å². The molecule has 0 spiro atoms. The molecule has 1 aliphatic carbocycles. The van der Waals surface area contributed by atoms with Crippen LogP contribution in [-0.4, -0.2) is 22.0 Å². The Bertz CT molecular complexity index is 1160. The molecule has 6 heteroatoms. The van der Waals surface area contributed by atoms with Crippen LogP contribution in [0.3, 0.4) is 0 Å². The number of anilines is 1. The zero-order chi connectivity index (χ0) is 17.8. The van der Waals surface area contributed by atoms with E-state index < -0.39 is 12.1 Å². The number of H-pyrrole nitrogens is 1. The molecule has 1 unspecified atom stereocenters. The molecule has 4 aromatic rings. The minimum atomic E-state index is -0.999. The zero-order valence-corrected chi connectivity index (χ0v) is 14.9. The van der Waals surface area contributed by atoms with Crippen molar-refractivity contribution in [2.45, 2.75) is 19.5 Å². The van der Waals surface area contributed by atoms with Crippen LogP contribution in [0.1, 0.15) is 12.0 Å². The van der Waals surface area contributed by atoms with E-state index in [1.54, 1.807) is 0 Å². The number of nitrogens with one attached hydrogen (secondary N) is 2. The lowest BCUT2D eigenvalue weighted by atomic mass is 9.97. The summed E-state index contributed by atoms with van der Waals surface area (Å²) in [6.45, 7) is 2.10. The van der Waals surface area contributed by atoms with Crippen LogP contribution in [0.5, 0.6) is 0 Å². The minimum Gasteiger partial charge on any atom is -0.361 e. The molecule has 5 rings (SSSR count). The largest absolute Gasteiger partial charge is 0.361 e. The van der Waals surface area contributed by atoms with Crippen LogP contribution in [0.15, 0.2) is 42.6 Å². The molecule has 0 aliphatic heterocycles. The number of aromatic nitrogens is 2. The third-order valence-corrected chi connectivity index (χ3v) is 5.83. The van der Waals surface area contributed by atoms with Gasteiger partial charge in [0, 0.05) is 17.1 Å². The van der Waals surface area contributed by atoms with Gasteiger partial charge >= 0.3 is 0 Å². The Morgan fingerprint density at radius 1 is 1.31 bits per heavy atom. The monoisotopic (exact) mass is 365 g/mol. The molecule has 0 radical (unpaired) electrons. The van der Waals surface area contributed by atoms with Gasteiger partial charge in [-0.15, -0.1) is 0 Å². The SMILES string of the molecule is Cc1ccc2[nH]ccc2c1-c1ccc2nc(NC(=O)[C@@H]3CC3F)sc2c1. The van der Waals surface area contributed by atoms with E-state index in [1.165, 1.54) is 27.8 Å². The minimum absolute atomic E-state index is 0.273. The number of carbonyl (C=O) groups excluding carboxylic acids is 1. The molecule has 130 valence electrons. The van der Waals surface area contributed by atoms with Gasteiger partial charge in [0.2, 0.25) is 5.91 Å². The quantitative estimate of drug-likeness (QED) is 0.534. The molecular weight excluding hydrogens is 349 g/mol. The van der Waals surface area contributed by atoms with Gasteiger partial charge in [-0.3, -0.25) is 4.79 Å². The molecule has 2 aromatic carbocycles. The van der Waals surface area contributed by atoms with Crippen molar-refractivity contribution >= 4 is 43.5 Å². The van der Waals surface area contributed by atoms with Crippen LogP contribution in [-0.2, 0) is 4.79 Å². The van der Waals surface area contributed by atoms with Gasteiger partial charge in [-0.1, -0.05) is 23.5 Å². The molecule has 2 N–H and O–H groups in total. The van der Waals surface area contributed by atoms with Crippen LogP contribution in [0.2, 0.25) is 0 Å². The Kier molecular flexibility index (Phi) is 3.37. The summed E-state index contributed by atoms with van der Waals surface area (Å²) < 4.78 is 14.0. The topological polar surface area (TPSA) is 57.8 Å². The summed E-state index contributed by atoms with van der Waals surface area (Å²) in [5.41, 5.74) is 5.46. The molecule has 0 saturated heterocycles. The summed E-state index contributed by atoms with van der Waals surface area (Å²) in [5, 5.41) is 4.45. The first-order valence-electron chi connectivity index (χ1n) is 8.53. The highest BCUT2D eigenvalue weighted by Gasteiger charge is 2.43. The van der Waals surface area contributed by atoms with Crippen molar-refractivity contribution in [3.63, 3.8) is 0 Å². The number of rotatable bonds is 3. The number of hydrogen-bond acceptors (Lipinski definition) is 3. The van der Waals surface area contributed by atoms with Crippen molar-refractivity contribution in [3.05, 3.63) is 48.2 Å². The molecule has 1 saturated carbocycles. The van der Waals surface area contributed by atoms with Crippen molar-refractivity contribution in [2.75, 3.05) is 5.32 Å². The van der Waals surface area contributed by atoms with Crippen LogP contribution in [0, 0.1) is 12.8 Å². The maximum absolute atomic E-state index is 13.0. The number of hydrogen-bond donors (Lipinski definition) is 2. The second-order valence-corrected chi connectivity index (χ2v) is 7.78. The van der Waals surface area contributed by atoms with Crippen LogP contribution in [0.4, 0.5) is 9.52 Å². The number of benzene rings is 2. The number of aromatic amines is 1. The van der Waals surface area contributed by atoms with Gasteiger partial charge in [-0.05, 0) is 54.3 Å². The molecule has 2 heterocycles. The Morgan fingerprint density at radius 3 is 2.96 bits per heavy atom. The second-order valence-electron chi connectivity index (χ2n) is 6.75. The van der Waals surface area contributed by atoms with E-state index in [0.717, 1.165) is 21.3 Å². The summed E-state index contributed by atoms with van der Waals surface area (Å²) in [5.74, 6) is -0.781. The number of carbonyl (C=O) groups is 1. The Balaban J connectivity index is 1.54. The Labute approximate surface area is 153 Å². The molecule has 2 atom stereocenters. The van der Waals surface area contributed by atoms with Gasteiger partial charge in [0.25, 0.3) is 0 Å². The summed E-state index contributed by atoms with van der Waals surface area (Å²) in [6.07, 6.45) is 1.27. The number of thiazole rings is 1. The molecule has 1 aliphatic rings. The Morgan fingerprint density at radius 2 is 2.15 bits per heavy atom. The van der Waals surface area contributed by atoms with E-state index in [4.69, 9.17) is 0 Å². The van der Waals surface area contributed by atoms with Crippen LogP contribution in [0.25, 0.3) is 32.2 Å². The molecule has 1 fully saturated rings. The third kappa shape index (κ3) is 2.49. The van der Waals surface area contributed by atoms with Gasteiger partial charge in [0.15, 0.2) is 5.13 Å². The average molecular weight is 365 g/mol. The first kappa shape index (κ1) is 15.5. The number of fused-ring (bicyclic) bond motifs is 2. The predicted molar refractivity (Wildman–Crippen MR) is 103 cm³/mol. The first-order chi connectivity index (χ1) is 12.6. The third-order valence-electron chi connectivity index (χ3n) is 4.90. The fourth-order valence-electron chi connectivity index (χ4n) is 3.39. The maximum atomic E-state index is 13.0. The van der Waals surface area contributed by atoms with Gasteiger partial charge in [0.05, 0.1) is 16.1 Å². The number of aryl methyl sites for hydroxylation is 1. The van der Waals surface area contributed by atoms with E-state index in [9.17, 15) is 9.18 Å². The molecule has 26 heavy (non-hydrogen) atoms. The van der Waals surface area contributed by atoms with Crippen molar-refractivity contribution < 1.29 is 9.18 Å². The normalized spacial score (nSPS) is 19.2. The number of nitrogens with zero attached hydrogens (tertiary/aromatic N) is 1. The van der Waals surface area contributed by atoms with E-state index in [-0.39, 0.29) is 5.91 Å². The van der Waals surface area contributed by atoms with Crippen LogP contribution >= 0.6 is 11.3 Å². The fraction of sp³-hybridized carbons (Fsp3) is 0.200. The highest BCUT2D eigenvalue weighted by molar-refractivity contribution is 7.22. The van der Waals surface area contributed by atoms with Crippen molar-refractivity contribution in [1.29, 1.82) is 0 Å². The van der Waals surface area contributed by atoms with E-state index in [1.807, 2.05) is 12.3 Å². The first-order valence-corrected chi connectivity index (χ1v) is 9.34. The second kappa shape index (κ2) is 5.64. The van der Waals surface area contributed by atoms with E-state index in [0.29, 0.717) is 11.6 Å². The van der Waals surface area contributed by atoms with E-state index in [2.05, 4.69) is 52.5 Å². The summed E-state index contributed by atoms with van der Waals surface area (Å²) in [4.78, 5) is 19.6. The molecule has 0 bridgehead atoms. The van der Waals surface area contributed by atoms with Crippen molar-refractivity contribution in [1.82, 2.24) is 9.97 Å². The lowest BCUT2D eigenvalue weighted by molar-refractivity contribution is -0.117. The van der Waals surface area contributed by atoms with Crippen molar-refractivity contribution in [2.24, 2.45) is 5.92 Å². The lowest BCUT2D eigenvalue weighted by Gasteiger charge is -2.08. The van der Waals surface area contributed by atoms with Gasteiger partial charge in [-0.25, -0.2) is 9.37 Å². The zero-order valence-electron chi connectivity index (χ0n) is 14.0. The standard InChI is InChI=1S/C20H16FN3OS/c1-10-2-4-15-12(6-7-22-15)18(10)11-3-5-16-17(8-11)26-20(23-16)24-19(25)13-9-14(13)21/h2-8,13-14,22H,9H2,1H3,(H,23,24,25)/t13-,14?/m1/s1. The number of halogens is 1. The predicted octanol–water partition coefficient (Wildman–Crippen LogP) is 5.05. The molecular formula is C20H16FN3OS. The number of amides is 1. The Hall–Kier alpha value is -2.73. The summed E-state index contributed by atoms with van der Waals surface area (Å²) in [7, 11) is 0. The molecule has 1 amide bonds.